The highest BCUT2D eigenvalue weighted by Gasteiger charge is 2.72. The molecule has 2 N–H and O–H groups in total. The molecule has 8 nitrogen and oxygen atoms in total. The van der Waals surface area contributed by atoms with Gasteiger partial charge in [-0.3, -0.25) is 4.79 Å². The number of phenolic OH excluding ortho intramolecular Hbond substituents is 1. The van der Waals surface area contributed by atoms with Crippen LogP contribution in [0.2, 0.25) is 0 Å². The van der Waals surface area contributed by atoms with Crippen molar-refractivity contribution in [2.45, 2.75) is 62.4 Å². The average molecular weight is 415 g/mol. The van der Waals surface area contributed by atoms with Gasteiger partial charge in [-0.15, -0.1) is 0 Å². The molecule has 0 aromatic heterocycles. The number of hydrogen-bond donors (Lipinski definition) is 2. The molecule has 1 aromatic carbocycles. The van der Waals surface area contributed by atoms with Gasteiger partial charge in [0.2, 0.25) is 0 Å². The number of piperidine rings is 1. The van der Waals surface area contributed by atoms with E-state index in [4.69, 9.17) is 14.2 Å². The summed E-state index contributed by atoms with van der Waals surface area (Å²) in [4.78, 5) is 25.9. The summed E-state index contributed by atoms with van der Waals surface area (Å²) in [6, 6.07) is 3.38. The van der Waals surface area contributed by atoms with Gasteiger partial charge in [-0.25, -0.2) is 4.79 Å². The van der Waals surface area contributed by atoms with E-state index in [0.29, 0.717) is 25.0 Å². The van der Waals surface area contributed by atoms with Crippen LogP contribution < -0.4 is 4.74 Å². The van der Waals surface area contributed by atoms with Crippen molar-refractivity contribution in [3.8, 4) is 11.5 Å². The molecule has 0 saturated carbocycles. The molecule has 30 heavy (non-hydrogen) atoms. The monoisotopic (exact) mass is 415 g/mol. The zero-order chi connectivity index (χ0) is 21.4. The maximum atomic E-state index is 12.5. The van der Waals surface area contributed by atoms with E-state index in [1.165, 1.54) is 13.8 Å². The maximum Gasteiger partial charge on any atom is 0.352 e. The number of carbonyl (C=O) groups is 2. The maximum absolute atomic E-state index is 12.5. The minimum absolute atomic E-state index is 0.0104. The smallest absolute Gasteiger partial charge is 0.352 e. The lowest BCUT2D eigenvalue weighted by Crippen LogP contribution is -2.74. The lowest BCUT2D eigenvalue weighted by molar-refractivity contribution is -0.175. The molecular formula is C22H25NO7. The highest BCUT2D eigenvalue weighted by molar-refractivity contribution is 5.79. The SMILES string of the molecule is CC(=O)O[C@@H](C)C(=O)OC1=CC[C@]2(O)[C@@H]3Cc4ccc(O)c5c4[C@]2(CCN3C)[C@@H]1O5. The lowest BCUT2D eigenvalue weighted by Gasteiger charge is -2.61. The molecule has 1 saturated heterocycles. The first-order chi connectivity index (χ1) is 14.2. The topological polar surface area (TPSA) is 106 Å². The molecule has 4 aliphatic rings. The summed E-state index contributed by atoms with van der Waals surface area (Å²) < 4.78 is 16.8. The number of benzene rings is 1. The van der Waals surface area contributed by atoms with Crippen LogP contribution in [0, 0.1) is 0 Å². The largest absolute Gasteiger partial charge is 0.504 e. The quantitative estimate of drug-likeness (QED) is 0.709. The van der Waals surface area contributed by atoms with Crippen LogP contribution >= 0.6 is 0 Å². The number of nitrogens with zero attached hydrogens (tertiary/aromatic N) is 1. The molecule has 8 heteroatoms. The number of ether oxygens (including phenoxy) is 3. The number of esters is 2. The molecule has 2 bridgehead atoms. The Hall–Kier alpha value is -2.58. The number of aromatic hydroxyl groups is 1. The van der Waals surface area contributed by atoms with Gasteiger partial charge in [0, 0.05) is 24.9 Å². The summed E-state index contributed by atoms with van der Waals surface area (Å²) in [5.41, 5.74) is -0.0731. The predicted octanol–water partition coefficient (Wildman–Crippen LogP) is 1.16. The third-order valence-electron chi connectivity index (χ3n) is 7.25. The fourth-order valence-electron chi connectivity index (χ4n) is 5.93. The molecule has 2 heterocycles. The molecular weight excluding hydrogens is 390 g/mol. The summed E-state index contributed by atoms with van der Waals surface area (Å²) in [6.45, 7) is 3.42. The summed E-state index contributed by atoms with van der Waals surface area (Å²) >= 11 is 0. The first-order valence-electron chi connectivity index (χ1n) is 10.2. The Labute approximate surface area is 174 Å². The molecule has 5 rings (SSSR count). The third kappa shape index (κ3) is 2.29. The molecule has 0 amide bonds. The van der Waals surface area contributed by atoms with Gasteiger partial charge >= 0.3 is 11.9 Å². The number of hydrogen-bond acceptors (Lipinski definition) is 8. The summed E-state index contributed by atoms with van der Waals surface area (Å²) in [7, 11) is 2.01. The van der Waals surface area contributed by atoms with Crippen molar-refractivity contribution >= 4 is 11.9 Å². The summed E-state index contributed by atoms with van der Waals surface area (Å²) in [5, 5.41) is 22.5. The predicted molar refractivity (Wildman–Crippen MR) is 104 cm³/mol. The van der Waals surface area contributed by atoms with Crippen molar-refractivity contribution in [1.82, 2.24) is 4.90 Å². The number of likely N-dealkylation sites (N-methyl/N-ethyl adjacent to an activating group) is 1. The van der Waals surface area contributed by atoms with E-state index in [9.17, 15) is 19.8 Å². The molecule has 1 aromatic rings. The zero-order valence-corrected chi connectivity index (χ0v) is 17.2. The standard InChI is InChI=1S/C22H25NO7/c1-11(28-12(2)24)20(26)29-15-6-7-22(27)16-10-13-4-5-14(25)18-17(13)21(22,19(15)30-18)8-9-23(16)3/h4-6,11,16,19,25,27H,7-10H2,1-3H3/t11-,16-,19+,21+,22-/m0/s1. The Morgan fingerprint density at radius 1 is 1.37 bits per heavy atom. The van der Waals surface area contributed by atoms with E-state index in [1.807, 2.05) is 13.1 Å². The van der Waals surface area contributed by atoms with Crippen molar-refractivity contribution in [1.29, 1.82) is 0 Å². The number of likely N-dealkylation sites (tertiary alicyclic amines) is 1. The van der Waals surface area contributed by atoms with E-state index in [-0.39, 0.29) is 17.6 Å². The van der Waals surface area contributed by atoms with Crippen molar-refractivity contribution in [2.75, 3.05) is 13.6 Å². The van der Waals surface area contributed by atoms with E-state index in [0.717, 1.165) is 17.7 Å². The van der Waals surface area contributed by atoms with Crippen molar-refractivity contribution in [3.05, 3.63) is 35.1 Å². The Bertz CT molecular complexity index is 988. The van der Waals surface area contributed by atoms with Gasteiger partial charge in [-0.1, -0.05) is 6.07 Å². The van der Waals surface area contributed by atoms with Crippen LogP contribution in [0.15, 0.2) is 24.0 Å². The van der Waals surface area contributed by atoms with Crippen molar-refractivity contribution < 1.29 is 34.0 Å². The van der Waals surface area contributed by atoms with Gasteiger partial charge in [0.1, 0.15) is 5.76 Å². The zero-order valence-electron chi connectivity index (χ0n) is 17.2. The molecule has 1 spiro atoms. The van der Waals surface area contributed by atoms with Gasteiger partial charge in [-0.05, 0) is 51.1 Å². The second-order valence-corrected chi connectivity index (χ2v) is 8.78. The van der Waals surface area contributed by atoms with E-state index >= 15 is 0 Å². The summed E-state index contributed by atoms with van der Waals surface area (Å²) in [5.74, 6) is -0.625. The minimum atomic E-state index is -1.12. The van der Waals surface area contributed by atoms with Crippen LogP contribution in [0.3, 0.4) is 0 Å². The molecule has 2 aliphatic heterocycles. The first kappa shape index (κ1) is 19.4. The molecule has 1 fully saturated rings. The van der Waals surface area contributed by atoms with Gasteiger partial charge < -0.3 is 29.3 Å². The molecule has 160 valence electrons. The molecule has 0 radical (unpaired) electrons. The second-order valence-electron chi connectivity index (χ2n) is 8.78. The Balaban J connectivity index is 1.60. The molecule has 0 unspecified atom stereocenters. The Morgan fingerprint density at radius 2 is 2.13 bits per heavy atom. The van der Waals surface area contributed by atoms with Gasteiger partial charge in [-0.2, -0.15) is 0 Å². The number of carbonyl (C=O) groups excluding carboxylic acids is 2. The average Bonchev–Trinajstić information content (AvgIpc) is 3.04. The van der Waals surface area contributed by atoms with Crippen LogP contribution in [0.4, 0.5) is 0 Å². The minimum Gasteiger partial charge on any atom is -0.504 e. The highest BCUT2D eigenvalue weighted by atomic mass is 16.6. The fourth-order valence-corrected chi connectivity index (χ4v) is 5.93. The molecule has 5 atom stereocenters. The van der Waals surface area contributed by atoms with Crippen LogP contribution in [-0.4, -0.2) is 64.5 Å². The van der Waals surface area contributed by atoms with E-state index in [1.54, 1.807) is 12.1 Å². The van der Waals surface area contributed by atoms with Gasteiger partial charge in [0.25, 0.3) is 0 Å². The van der Waals surface area contributed by atoms with Crippen LogP contribution in [0.5, 0.6) is 11.5 Å². The fraction of sp³-hybridized carbons (Fsp3) is 0.545. The van der Waals surface area contributed by atoms with Gasteiger partial charge in [0.15, 0.2) is 23.7 Å². The van der Waals surface area contributed by atoms with Crippen molar-refractivity contribution in [2.24, 2.45) is 0 Å². The number of rotatable bonds is 3. The normalized spacial score (nSPS) is 34.3. The summed E-state index contributed by atoms with van der Waals surface area (Å²) in [6.07, 6.45) is 1.43. The van der Waals surface area contributed by atoms with Gasteiger partial charge in [0.05, 0.1) is 11.0 Å². The molecule has 2 aliphatic carbocycles. The number of aliphatic hydroxyl groups is 1. The lowest BCUT2D eigenvalue weighted by atomic mass is 9.50. The van der Waals surface area contributed by atoms with Crippen LogP contribution in [0.1, 0.15) is 37.8 Å². The Morgan fingerprint density at radius 3 is 2.87 bits per heavy atom. The van der Waals surface area contributed by atoms with E-state index in [2.05, 4.69) is 4.90 Å². The second kappa shape index (κ2) is 6.21. The first-order valence-corrected chi connectivity index (χ1v) is 10.2. The Kier molecular flexibility index (Phi) is 4.02. The van der Waals surface area contributed by atoms with E-state index < -0.39 is 35.2 Å². The number of phenols is 1. The third-order valence-corrected chi connectivity index (χ3v) is 7.25. The van der Waals surface area contributed by atoms with Crippen molar-refractivity contribution in [3.63, 3.8) is 0 Å². The van der Waals surface area contributed by atoms with Crippen LogP contribution in [0.25, 0.3) is 0 Å². The highest BCUT2D eigenvalue weighted by Crippen LogP contribution is 2.65. The van der Waals surface area contributed by atoms with Crippen LogP contribution in [-0.2, 0) is 30.9 Å².